The quantitative estimate of drug-likeness (QED) is 0.296. The van der Waals surface area contributed by atoms with Crippen molar-refractivity contribution in [1.82, 2.24) is 14.8 Å². The van der Waals surface area contributed by atoms with Crippen LogP contribution in [0, 0.1) is 5.82 Å². The van der Waals surface area contributed by atoms with Gasteiger partial charge in [0.1, 0.15) is 5.82 Å². The van der Waals surface area contributed by atoms with E-state index < -0.39 is 0 Å². The summed E-state index contributed by atoms with van der Waals surface area (Å²) >= 11 is 1.38. The fourth-order valence-electron chi connectivity index (χ4n) is 3.07. The molecule has 1 N–H and O–H groups in total. The number of carbonyl (C=O) groups excluding carboxylic acids is 1. The Labute approximate surface area is 184 Å². The number of rotatable bonds is 9. The number of nitrogens with one attached hydrogen (secondary N) is 1. The number of thioether (sulfide) groups is 1. The fraction of sp³-hybridized carbons (Fsp3) is 0.125. The summed E-state index contributed by atoms with van der Waals surface area (Å²) in [4.78, 5) is 12.5. The van der Waals surface area contributed by atoms with Gasteiger partial charge < -0.3 is 9.88 Å². The summed E-state index contributed by atoms with van der Waals surface area (Å²) in [5, 5.41) is 12.6. The van der Waals surface area contributed by atoms with Gasteiger partial charge in [-0.25, -0.2) is 4.39 Å². The lowest BCUT2D eigenvalue weighted by Crippen LogP contribution is -2.11. The molecule has 31 heavy (non-hydrogen) atoms. The third kappa shape index (κ3) is 5.58. The minimum absolute atomic E-state index is 0.0471. The first-order valence-electron chi connectivity index (χ1n) is 9.85. The van der Waals surface area contributed by atoms with Gasteiger partial charge in [-0.1, -0.05) is 72.4 Å². The van der Waals surface area contributed by atoms with Crippen LogP contribution in [0.1, 0.15) is 21.7 Å². The zero-order valence-electron chi connectivity index (χ0n) is 16.7. The van der Waals surface area contributed by atoms with Crippen LogP contribution in [0.3, 0.4) is 0 Å². The van der Waals surface area contributed by atoms with Crippen molar-refractivity contribution in [3.05, 3.63) is 108 Å². The molecule has 7 heteroatoms. The Morgan fingerprint density at radius 1 is 0.903 bits per heavy atom. The number of anilines is 1. The molecular formula is C24H21FN4OS. The maximum absolute atomic E-state index is 13.1. The summed E-state index contributed by atoms with van der Waals surface area (Å²) in [5.41, 5.74) is 2.59. The number of carbonyl (C=O) groups is 1. The van der Waals surface area contributed by atoms with Crippen LogP contribution >= 0.6 is 11.8 Å². The Hall–Kier alpha value is -3.45. The molecule has 4 aromatic rings. The molecule has 0 unspecified atom stereocenters. The molecule has 0 saturated carbocycles. The molecule has 0 spiro atoms. The molecule has 1 heterocycles. The maximum atomic E-state index is 13.1. The monoisotopic (exact) mass is 432 g/mol. The lowest BCUT2D eigenvalue weighted by molar-refractivity contribution is 0.102. The highest BCUT2D eigenvalue weighted by atomic mass is 32.2. The standard InChI is InChI=1S/C24H21FN4OS/c25-20-11-13-21(14-12-20)26-15-23-27-28-24(29(23)16-18-7-3-1-4-8-18)31-17-22(30)19-9-5-2-6-10-19/h1-14,26H,15-17H2. The van der Waals surface area contributed by atoms with E-state index >= 15 is 0 Å². The van der Waals surface area contributed by atoms with E-state index in [2.05, 4.69) is 15.5 Å². The molecule has 0 saturated heterocycles. The number of nitrogens with zero attached hydrogens (tertiary/aromatic N) is 3. The summed E-state index contributed by atoms with van der Waals surface area (Å²) in [6, 6.07) is 25.5. The molecule has 0 radical (unpaired) electrons. The third-order valence-electron chi connectivity index (χ3n) is 4.70. The lowest BCUT2D eigenvalue weighted by atomic mass is 10.2. The van der Waals surface area contributed by atoms with E-state index in [1.165, 1.54) is 23.9 Å². The molecule has 0 atom stereocenters. The first-order chi connectivity index (χ1) is 15.2. The zero-order valence-corrected chi connectivity index (χ0v) is 17.6. The van der Waals surface area contributed by atoms with Crippen molar-refractivity contribution in [2.24, 2.45) is 0 Å². The molecule has 1 aromatic heterocycles. The van der Waals surface area contributed by atoms with E-state index in [0.717, 1.165) is 17.1 Å². The molecule has 0 aliphatic rings. The Kier molecular flexibility index (Phi) is 6.74. The molecule has 0 amide bonds. The molecule has 0 aliphatic carbocycles. The number of ketones is 1. The van der Waals surface area contributed by atoms with Crippen molar-refractivity contribution < 1.29 is 9.18 Å². The zero-order chi connectivity index (χ0) is 21.5. The SMILES string of the molecule is O=C(CSc1nnc(CNc2ccc(F)cc2)n1Cc1ccccc1)c1ccccc1. The second-order valence-electron chi connectivity index (χ2n) is 6.91. The van der Waals surface area contributed by atoms with Crippen molar-refractivity contribution in [3.63, 3.8) is 0 Å². The number of Topliss-reactive ketones (excluding diaryl/α,β-unsaturated/α-hetero) is 1. The van der Waals surface area contributed by atoms with Crippen molar-refractivity contribution >= 4 is 23.2 Å². The van der Waals surface area contributed by atoms with E-state index in [4.69, 9.17) is 0 Å². The second-order valence-corrected chi connectivity index (χ2v) is 7.85. The summed E-state index contributed by atoms with van der Waals surface area (Å²) in [6.07, 6.45) is 0. The third-order valence-corrected chi connectivity index (χ3v) is 5.67. The van der Waals surface area contributed by atoms with E-state index in [0.29, 0.717) is 23.8 Å². The number of halogens is 1. The summed E-state index contributed by atoms with van der Waals surface area (Å²) < 4.78 is 15.2. The van der Waals surface area contributed by atoms with Gasteiger partial charge in [-0.3, -0.25) is 4.79 Å². The van der Waals surface area contributed by atoms with Crippen LogP contribution in [0.4, 0.5) is 10.1 Å². The van der Waals surface area contributed by atoms with Gasteiger partial charge in [0.2, 0.25) is 0 Å². The van der Waals surface area contributed by atoms with Gasteiger partial charge in [0.05, 0.1) is 18.8 Å². The van der Waals surface area contributed by atoms with Crippen molar-refractivity contribution in [2.75, 3.05) is 11.1 Å². The molecule has 0 bridgehead atoms. The van der Waals surface area contributed by atoms with E-state index in [1.807, 2.05) is 65.2 Å². The molecule has 4 rings (SSSR count). The van der Waals surface area contributed by atoms with E-state index in [9.17, 15) is 9.18 Å². The summed E-state index contributed by atoms with van der Waals surface area (Å²) in [7, 11) is 0. The normalized spacial score (nSPS) is 10.7. The second kappa shape index (κ2) is 10.0. The highest BCUT2D eigenvalue weighted by Gasteiger charge is 2.15. The Bertz CT molecular complexity index is 1130. The topological polar surface area (TPSA) is 59.8 Å². The van der Waals surface area contributed by atoms with Gasteiger partial charge in [0.15, 0.2) is 16.8 Å². The van der Waals surface area contributed by atoms with Gasteiger partial charge >= 0.3 is 0 Å². The lowest BCUT2D eigenvalue weighted by Gasteiger charge is -2.11. The van der Waals surface area contributed by atoms with Gasteiger partial charge in [-0.2, -0.15) is 0 Å². The summed E-state index contributed by atoms with van der Waals surface area (Å²) in [6.45, 7) is 1.02. The number of hydrogen-bond acceptors (Lipinski definition) is 5. The van der Waals surface area contributed by atoms with Crippen LogP contribution in [0.15, 0.2) is 90.1 Å². The van der Waals surface area contributed by atoms with Gasteiger partial charge in [-0.15, -0.1) is 10.2 Å². The predicted molar refractivity (Wildman–Crippen MR) is 121 cm³/mol. The molecule has 0 fully saturated rings. The van der Waals surface area contributed by atoms with Crippen LogP contribution in [0.5, 0.6) is 0 Å². The van der Waals surface area contributed by atoms with Crippen LogP contribution in [-0.4, -0.2) is 26.3 Å². The van der Waals surface area contributed by atoms with Gasteiger partial charge in [0, 0.05) is 11.3 Å². The minimum atomic E-state index is -0.278. The number of benzene rings is 3. The Balaban J connectivity index is 1.51. The van der Waals surface area contributed by atoms with Crippen molar-refractivity contribution in [2.45, 2.75) is 18.2 Å². The van der Waals surface area contributed by atoms with E-state index in [1.54, 1.807) is 12.1 Å². The number of hydrogen-bond donors (Lipinski definition) is 1. The fourth-order valence-corrected chi connectivity index (χ4v) is 3.92. The largest absolute Gasteiger partial charge is 0.378 e. The highest BCUT2D eigenvalue weighted by molar-refractivity contribution is 7.99. The van der Waals surface area contributed by atoms with Crippen molar-refractivity contribution in [3.8, 4) is 0 Å². The van der Waals surface area contributed by atoms with Crippen LogP contribution < -0.4 is 5.32 Å². The van der Waals surface area contributed by atoms with Gasteiger partial charge in [-0.05, 0) is 29.8 Å². The predicted octanol–water partition coefficient (Wildman–Crippen LogP) is 5.05. The molecule has 5 nitrogen and oxygen atoms in total. The average Bonchev–Trinajstić information content (AvgIpc) is 3.19. The van der Waals surface area contributed by atoms with E-state index in [-0.39, 0.29) is 17.4 Å². The Morgan fingerprint density at radius 3 is 2.29 bits per heavy atom. The first kappa shape index (κ1) is 20.8. The average molecular weight is 433 g/mol. The first-order valence-corrected chi connectivity index (χ1v) is 10.8. The highest BCUT2D eigenvalue weighted by Crippen LogP contribution is 2.21. The van der Waals surface area contributed by atoms with Gasteiger partial charge in [0.25, 0.3) is 0 Å². The number of aromatic nitrogens is 3. The van der Waals surface area contributed by atoms with Crippen LogP contribution in [0.2, 0.25) is 0 Å². The molecule has 3 aromatic carbocycles. The molecule has 0 aliphatic heterocycles. The molecule has 156 valence electrons. The van der Waals surface area contributed by atoms with Crippen molar-refractivity contribution in [1.29, 1.82) is 0 Å². The van der Waals surface area contributed by atoms with Crippen LogP contribution in [0.25, 0.3) is 0 Å². The maximum Gasteiger partial charge on any atom is 0.192 e. The smallest absolute Gasteiger partial charge is 0.192 e. The Morgan fingerprint density at radius 2 is 1.58 bits per heavy atom. The van der Waals surface area contributed by atoms with Crippen LogP contribution in [-0.2, 0) is 13.1 Å². The minimum Gasteiger partial charge on any atom is -0.378 e. The summed E-state index contributed by atoms with van der Waals surface area (Å²) in [5.74, 6) is 0.788. The molecular weight excluding hydrogens is 411 g/mol.